The third-order valence-electron chi connectivity index (χ3n) is 5.24. The quantitative estimate of drug-likeness (QED) is 0.638. The van der Waals surface area contributed by atoms with Crippen molar-refractivity contribution in [2.45, 2.75) is 31.0 Å². The van der Waals surface area contributed by atoms with E-state index in [9.17, 15) is 5.11 Å². The molecule has 28 heavy (non-hydrogen) atoms. The number of phenols is 1. The van der Waals surface area contributed by atoms with Gasteiger partial charge in [0, 0.05) is 48.3 Å². The molecule has 2 aliphatic heterocycles. The molecule has 144 valence electrons. The molecule has 8 nitrogen and oxygen atoms in total. The molecule has 0 radical (unpaired) electrons. The number of nitrogens with zero attached hydrogens (tertiary/aromatic N) is 3. The summed E-state index contributed by atoms with van der Waals surface area (Å²) in [6, 6.07) is 9.76. The van der Waals surface area contributed by atoms with Crippen LogP contribution in [0.1, 0.15) is 12.8 Å². The number of benzene rings is 1. The molecule has 2 aliphatic rings. The average Bonchev–Trinajstić information content (AvgIpc) is 3.23. The average molecular weight is 379 g/mol. The normalized spacial score (nSPS) is 24.1. The van der Waals surface area contributed by atoms with E-state index in [2.05, 4.69) is 25.7 Å². The van der Waals surface area contributed by atoms with Crippen LogP contribution in [-0.2, 0) is 4.74 Å². The Kier molecular flexibility index (Phi) is 4.42. The number of hydrogen-bond donors (Lipinski definition) is 3. The maximum Gasteiger partial charge on any atom is 0.233 e. The lowest BCUT2D eigenvalue weighted by atomic mass is 9.95. The van der Waals surface area contributed by atoms with Crippen LogP contribution in [0.15, 0.2) is 42.7 Å². The van der Waals surface area contributed by atoms with Gasteiger partial charge in [-0.3, -0.25) is 5.10 Å². The lowest BCUT2D eigenvalue weighted by Gasteiger charge is -2.39. The second-order valence-corrected chi connectivity index (χ2v) is 7.28. The number of aromatic hydroxyl groups is 1. The van der Waals surface area contributed by atoms with Gasteiger partial charge in [-0.05, 0) is 23.8 Å². The topological polar surface area (TPSA) is 105 Å². The van der Waals surface area contributed by atoms with E-state index >= 15 is 0 Å². The van der Waals surface area contributed by atoms with Crippen molar-refractivity contribution in [1.29, 1.82) is 0 Å². The number of piperidine rings is 1. The molecule has 2 fully saturated rings. The van der Waals surface area contributed by atoms with Crippen molar-refractivity contribution in [3.63, 3.8) is 0 Å². The Labute approximate surface area is 161 Å². The van der Waals surface area contributed by atoms with Gasteiger partial charge in [0.05, 0.1) is 25.1 Å². The first-order valence-electron chi connectivity index (χ1n) is 9.41. The van der Waals surface area contributed by atoms with Gasteiger partial charge in [0.25, 0.3) is 0 Å². The fourth-order valence-corrected chi connectivity index (χ4v) is 3.92. The second kappa shape index (κ2) is 7.21. The number of ether oxygens (including phenoxy) is 2. The van der Waals surface area contributed by atoms with Crippen LogP contribution in [0.3, 0.4) is 0 Å². The molecule has 3 aromatic rings. The molecule has 0 saturated carbocycles. The van der Waals surface area contributed by atoms with Crippen LogP contribution in [0.4, 0.5) is 0 Å². The molecule has 2 aromatic heterocycles. The molecule has 2 bridgehead atoms. The number of aromatic nitrogens is 4. The molecule has 0 aliphatic carbocycles. The SMILES string of the molecule is Oc1cc(-c2cn[nH]c2)ccc1-c1ccc(OC2CC3COCC(C2)N3)nn1. The zero-order valence-electron chi connectivity index (χ0n) is 15.2. The molecular formula is C20H21N5O3. The minimum absolute atomic E-state index is 0.114. The van der Waals surface area contributed by atoms with Gasteiger partial charge < -0.3 is 19.9 Å². The Morgan fingerprint density at radius 1 is 1.04 bits per heavy atom. The molecule has 5 rings (SSSR count). The number of hydrogen-bond acceptors (Lipinski definition) is 7. The number of H-pyrrole nitrogens is 1. The predicted octanol–water partition coefficient (Wildman–Crippen LogP) is 2.14. The molecule has 1 aromatic carbocycles. The zero-order valence-corrected chi connectivity index (χ0v) is 15.2. The minimum Gasteiger partial charge on any atom is -0.507 e. The highest BCUT2D eigenvalue weighted by Crippen LogP contribution is 2.32. The fraction of sp³-hybridized carbons (Fsp3) is 0.350. The van der Waals surface area contributed by atoms with Gasteiger partial charge in [-0.25, -0.2) is 0 Å². The Morgan fingerprint density at radius 3 is 2.57 bits per heavy atom. The van der Waals surface area contributed by atoms with Crippen molar-refractivity contribution in [2.75, 3.05) is 13.2 Å². The predicted molar refractivity (Wildman–Crippen MR) is 102 cm³/mol. The summed E-state index contributed by atoms with van der Waals surface area (Å²) in [4.78, 5) is 0. The van der Waals surface area contributed by atoms with Gasteiger partial charge in [0.1, 0.15) is 11.9 Å². The van der Waals surface area contributed by atoms with Crippen molar-refractivity contribution < 1.29 is 14.6 Å². The summed E-state index contributed by atoms with van der Waals surface area (Å²) < 4.78 is 11.6. The van der Waals surface area contributed by atoms with Crippen molar-refractivity contribution in [3.8, 4) is 34.0 Å². The van der Waals surface area contributed by atoms with Gasteiger partial charge in [0.15, 0.2) is 0 Å². The van der Waals surface area contributed by atoms with Crippen LogP contribution in [0, 0.1) is 0 Å². The first-order chi connectivity index (χ1) is 13.7. The third kappa shape index (κ3) is 3.44. The molecule has 2 saturated heterocycles. The lowest BCUT2D eigenvalue weighted by Crippen LogP contribution is -2.56. The molecule has 8 heteroatoms. The van der Waals surface area contributed by atoms with Gasteiger partial charge >= 0.3 is 0 Å². The Morgan fingerprint density at radius 2 is 1.89 bits per heavy atom. The van der Waals surface area contributed by atoms with E-state index in [1.54, 1.807) is 24.5 Å². The van der Waals surface area contributed by atoms with Crippen LogP contribution in [0.5, 0.6) is 11.6 Å². The van der Waals surface area contributed by atoms with Crippen LogP contribution < -0.4 is 10.1 Å². The molecule has 4 heterocycles. The molecule has 0 spiro atoms. The third-order valence-corrected chi connectivity index (χ3v) is 5.24. The van der Waals surface area contributed by atoms with Crippen LogP contribution in [0.2, 0.25) is 0 Å². The summed E-state index contributed by atoms with van der Waals surface area (Å²) in [7, 11) is 0. The van der Waals surface area contributed by atoms with Gasteiger partial charge in [0.2, 0.25) is 5.88 Å². The highest BCUT2D eigenvalue weighted by Gasteiger charge is 2.33. The number of aromatic amines is 1. The van der Waals surface area contributed by atoms with Gasteiger partial charge in [-0.2, -0.15) is 5.10 Å². The number of rotatable bonds is 4. The second-order valence-electron chi connectivity index (χ2n) is 7.28. The number of nitrogens with one attached hydrogen (secondary N) is 2. The minimum atomic E-state index is 0.114. The summed E-state index contributed by atoms with van der Waals surface area (Å²) in [5, 5.41) is 29.1. The Hall–Kier alpha value is -2.97. The maximum absolute atomic E-state index is 10.4. The van der Waals surface area contributed by atoms with Crippen LogP contribution >= 0.6 is 0 Å². The summed E-state index contributed by atoms with van der Waals surface area (Å²) in [5.74, 6) is 0.650. The summed E-state index contributed by atoms with van der Waals surface area (Å²) in [6.45, 7) is 1.46. The van der Waals surface area contributed by atoms with E-state index in [1.807, 2.05) is 18.2 Å². The van der Waals surface area contributed by atoms with Crippen molar-refractivity contribution in [3.05, 3.63) is 42.7 Å². The summed E-state index contributed by atoms with van der Waals surface area (Å²) >= 11 is 0. The number of phenolic OH excluding ortho intramolecular Hbond substituents is 1. The maximum atomic E-state index is 10.4. The first-order valence-corrected chi connectivity index (χ1v) is 9.41. The first kappa shape index (κ1) is 17.2. The van der Waals surface area contributed by atoms with E-state index in [0.717, 1.165) is 37.2 Å². The largest absolute Gasteiger partial charge is 0.507 e. The summed E-state index contributed by atoms with van der Waals surface area (Å²) in [5.41, 5.74) is 3.01. The highest BCUT2D eigenvalue weighted by atomic mass is 16.5. The molecule has 3 N–H and O–H groups in total. The van der Waals surface area contributed by atoms with E-state index < -0.39 is 0 Å². The van der Waals surface area contributed by atoms with E-state index in [0.29, 0.717) is 29.2 Å². The zero-order chi connectivity index (χ0) is 18.9. The molecule has 2 unspecified atom stereocenters. The van der Waals surface area contributed by atoms with E-state index in [1.165, 1.54) is 0 Å². The fourth-order valence-electron chi connectivity index (χ4n) is 3.92. The monoisotopic (exact) mass is 379 g/mol. The lowest BCUT2D eigenvalue weighted by molar-refractivity contribution is -0.0134. The van der Waals surface area contributed by atoms with Crippen LogP contribution in [-0.4, -0.2) is 56.9 Å². The molecular weight excluding hydrogens is 358 g/mol. The number of fused-ring (bicyclic) bond motifs is 2. The van der Waals surface area contributed by atoms with Crippen molar-refractivity contribution in [1.82, 2.24) is 25.7 Å². The van der Waals surface area contributed by atoms with Crippen LogP contribution in [0.25, 0.3) is 22.4 Å². The van der Waals surface area contributed by atoms with Gasteiger partial charge in [-0.1, -0.05) is 6.07 Å². The number of morpholine rings is 1. The van der Waals surface area contributed by atoms with E-state index in [-0.39, 0.29) is 11.9 Å². The smallest absolute Gasteiger partial charge is 0.233 e. The van der Waals surface area contributed by atoms with Crippen molar-refractivity contribution in [2.24, 2.45) is 0 Å². The highest BCUT2D eigenvalue weighted by molar-refractivity contribution is 5.73. The molecule has 0 amide bonds. The van der Waals surface area contributed by atoms with Gasteiger partial charge in [-0.15, -0.1) is 10.2 Å². The Bertz CT molecular complexity index is 933. The Balaban J connectivity index is 1.30. The standard InChI is InChI=1S/C20H21N5O3/c26-19-5-12(13-8-21-22-9-13)1-2-17(19)18-3-4-20(25-24-18)28-16-6-14-10-27-11-15(7-16)23-14/h1-5,8-9,14-16,23,26H,6-7,10-11H2,(H,21,22). The van der Waals surface area contributed by atoms with Crippen molar-refractivity contribution >= 4 is 0 Å². The summed E-state index contributed by atoms with van der Waals surface area (Å²) in [6.07, 6.45) is 5.40. The molecule has 2 atom stereocenters. The van der Waals surface area contributed by atoms with E-state index in [4.69, 9.17) is 9.47 Å².